The van der Waals surface area contributed by atoms with Crippen LogP contribution >= 0.6 is 11.8 Å². The molecule has 2 aliphatic rings. The second-order valence-corrected chi connectivity index (χ2v) is 8.80. The molecule has 0 radical (unpaired) electrons. The Morgan fingerprint density at radius 1 is 1.09 bits per heavy atom. The first-order valence-electron chi connectivity index (χ1n) is 10.8. The number of fused-ring (bicyclic) bond motifs is 1. The summed E-state index contributed by atoms with van der Waals surface area (Å²) in [5.74, 6) is 1.57. The van der Waals surface area contributed by atoms with Crippen molar-refractivity contribution in [2.75, 3.05) is 33.7 Å². The molecule has 1 fully saturated rings. The number of amides is 1. The van der Waals surface area contributed by atoms with E-state index < -0.39 is 11.6 Å². The van der Waals surface area contributed by atoms with Crippen molar-refractivity contribution in [3.63, 3.8) is 0 Å². The lowest BCUT2D eigenvalue weighted by Gasteiger charge is -2.38. The average molecular weight is 483 g/mol. The van der Waals surface area contributed by atoms with Crippen molar-refractivity contribution < 1.29 is 28.8 Å². The van der Waals surface area contributed by atoms with E-state index in [0.29, 0.717) is 45.8 Å². The van der Waals surface area contributed by atoms with E-state index in [-0.39, 0.29) is 18.1 Å². The molecular weight excluding hydrogens is 456 g/mol. The Morgan fingerprint density at radius 2 is 1.76 bits per heavy atom. The molecule has 0 saturated carbocycles. The van der Waals surface area contributed by atoms with E-state index in [1.165, 1.54) is 30.9 Å². The fourth-order valence-corrected chi connectivity index (χ4v) is 5.75. The second kappa shape index (κ2) is 9.49. The molecule has 0 aliphatic carbocycles. The highest BCUT2D eigenvalue weighted by Gasteiger charge is 2.52. The summed E-state index contributed by atoms with van der Waals surface area (Å²) in [6.45, 7) is 2.33. The van der Waals surface area contributed by atoms with Gasteiger partial charge in [0.25, 0.3) is 0 Å². The molecule has 0 unspecified atom stereocenters. The molecule has 2 heterocycles. The molecule has 2 aromatic carbocycles. The highest BCUT2D eigenvalue weighted by molar-refractivity contribution is 8.03. The minimum absolute atomic E-state index is 0.0421. The van der Waals surface area contributed by atoms with Crippen LogP contribution in [0.15, 0.2) is 47.0 Å². The Morgan fingerprint density at radius 3 is 2.41 bits per heavy atom. The SMILES string of the molecule is CCOc1cc([C@H]2CC(=O)N3C(=C2C#N)SC[C@]3(O)c2ccc(OC)c(OC)c2)ccc1OC. The third-order valence-electron chi connectivity index (χ3n) is 6.05. The lowest BCUT2D eigenvalue weighted by molar-refractivity contribution is -0.149. The van der Waals surface area contributed by atoms with Crippen LogP contribution in [0.1, 0.15) is 30.4 Å². The summed E-state index contributed by atoms with van der Waals surface area (Å²) in [6, 6.07) is 12.8. The number of allylic oxidation sites excluding steroid dienone is 1. The van der Waals surface area contributed by atoms with E-state index in [4.69, 9.17) is 18.9 Å². The maximum Gasteiger partial charge on any atom is 0.231 e. The van der Waals surface area contributed by atoms with Crippen LogP contribution in [0.25, 0.3) is 0 Å². The van der Waals surface area contributed by atoms with Gasteiger partial charge in [-0.05, 0) is 36.8 Å². The molecule has 4 rings (SSSR count). The third kappa shape index (κ3) is 3.83. The maximum absolute atomic E-state index is 13.4. The molecular formula is C25H26N2O6S. The molecule has 0 aromatic heterocycles. The highest BCUT2D eigenvalue weighted by atomic mass is 32.2. The van der Waals surface area contributed by atoms with Crippen LogP contribution < -0.4 is 18.9 Å². The van der Waals surface area contributed by atoms with Crippen molar-refractivity contribution in [2.24, 2.45) is 0 Å². The minimum Gasteiger partial charge on any atom is -0.493 e. The van der Waals surface area contributed by atoms with E-state index >= 15 is 0 Å². The van der Waals surface area contributed by atoms with E-state index in [2.05, 4.69) is 6.07 Å². The Labute approximate surface area is 202 Å². The van der Waals surface area contributed by atoms with Gasteiger partial charge in [0.2, 0.25) is 5.91 Å². The molecule has 2 aromatic rings. The smallest absolute Gasteiger partial charge is 0.231 e. The zero-order chi connectivity index (χ0) is 24.5. The van der Waals surface area contributed by atoms with Crippen molar-refractivity contribution in [1.82, 2.24) is 4.90 Å². The lowest BCUT2D eigenvalue weighted by atomic mass is 9.85. The van der Waals surface area contributed by atoms with Crippen molar-refractivity contribution in [3.8, 4) is 29.1 Å². The number of aliphatic hydroxyl groups is 1. The van der Waals surface area contributed by atoms with Gasteiger partial charge in [-0.3, -0.25) is 9.69 Å². The van der Waals surface area contributed by atoms with Gasteiger partial charge in [-0.2, -0.15) is 5.26 Å². The Balaban J connectivity index is 1.77. The first-order chi connectivity index (χ1) is 16.4. The molecule has 2 aliphatic heterocycles. The van der Waals surface area contributed by atoms with Gasteiger partial charge in [0.1, 0.15) is 0 Å². The van der Waals surface area contributed by atoms with Gasteiger partial charge in [-0.1, -0.05) is 12.1 Å². The minimum atomic E-state index is -1.61. The molecule has 9 heteroatoms. The molecule has 178 valence electrons. The Kier molecular flexibility index (Phi) is 6.64. The van der Waals surface area contributed by atoms with E-state index in [1.54, 1.807) is 31.4 Å². The zero-order valence-corrected chi connectivity index (χ0v) is 20.3. The Bertz CT molecular complexity index is 1190. The number of benzene rings is 2. The van der Waals surface area contributed by atoms with E-state index in [9.17, 15) is 15.2 Å². The number of thioether (sulfide) groups is 1. The van der Waals surface area contributed by atoms with Crippen LogP contribution in [0.3, 0.4) is 0 Å². The highest BCUT2D eigenvalue weighted by Crippen LogP contribution is 2.52. The van der Waals surface area contributed by atoms with Crippen LogP contribution in [0, 0.1) is 11.3 Å². The number of rotatable bonds is 7. The Hall–Kier alpha value is -3.35. The summed E-state index contributed by atoms with van der Waals surface area (Å²) >= 11 is 1.29. The number of methoxy groups -OCH3 is 3. The van der Waals surface area contributed by atoms with Gasteiger partial charge in [-0.15, -0.1) is 11.8 Å². The number of hydrogen-bond donors (Lipinski definition) is 1. The molecule has 1 N–H and O–H groups in total. The van der Waals surface area contributed by atoms with Crippen LogP contribution in [0.2, 0.25) is 0 Å². The average Bonchev–Trinajstić information content (AvgIpc) is 3.22. The van der Waals surface area contributed by atoms with Gasteiger partial charge in [0, 0.05) is 17.9 Å². The normalized spacial score (nSPS) is 21.7. The fourth-order valence-electron chi connectivity index (χ4n) is 4.39. The van der Waals surface area contributed by atoms with Gasteiger partial charge in [0.15, 0.2) is 28.7 Å². The molecule has 8 nitrogen and oxygen atoms in total. The summed E-state index contributed by atoms with van der Waals surface area (Å²) in [6.07, 6.45) is 0.0421. The summed E-state index contributed by atoms with van der Waals surface area (Å²) in [5.41, 5.74) is 0.0944. The summed E-state index contributed by atoms with van der Waals surface area (Å²) in [5, 5.41) is 22.2. The maximum atomic E-state index is 13.4. The number of hydrogen-bond acceptors (Lipinski definition) is 8. The van der Waals surface area contributed by atoms with Crippen molar-refractivity contribution >= 4 is 17.7 Å². The second-order valence-electron chi connectivity index (χ2n) is 7.83. The van der Waals surface area contributed by atoms with Crippen LogP contribution in [-0.2, 0) is 10.5 Å². The summed E-state index contributed by atoms with van der Waals surface area (Å²) in [7, 11) is 4.60. The van der Waals surface area contributed by atoms with Crippen LogP contribution in [0.4, 0.5) is 0 Å². The van der Waals surface area contributed by atoms with Gasteiger partial charge < -0.3 is 24.1 Å². The van der Waals surface area contributed by atoms with Crippen molar-refractivity contribution in [3.05, 3.63) is 58.1 Å². The van der Waals surface area contributed by atoms with Gasteiger partial charge >= 0.3 is 0 Å². The van der Waals surface area contributed by atoms with Gasteiger partial charge in [-0.25, -0.2) is 0 Å². The number of ether oxygens (including phenoxy) is 4. The molecule has 0 spiro atoms. The van der Waals surface area contributed by atoms with E-state index in [1.807, 2.05) is 19.1 Å². The molecule has 0 bridgehead atoms. The third-order valence-corrected chi connectivity index (χ3v) is 7.27. The standard InChI is InChI=1S/C25H26N2O6S/c1-5-33-22-10-15(6-8-20(22)31-3)17-12-23(28)27-24(18(17)13-26)34-14-25(27,29)16-7-9-19(30-2)21(11-16)32-4/h6-11,17,29H,5,12,14H2,1-4H3/t17-,25+/m1/s1. The summed E-state index contributed by atoms with van der Waals surface area (Å²) in [4.78, 5) is 14.8. The predicted octanol–water partition coefficient (Wildman–Crippen LogP) is 3.75. The van der Waals surface area contributed by atoms with Crippen molar-refractivity contribution in [1.29, 1.82) is 5.26 Å². The molecule has 2 atom stereocenters. The largest absolute Gasteiger partial charge is 0.493 e. The first kappa shape index (κ1) is 23.8. The monoisotopic (exact) mass is 482 g/mol. The quantitative estimate of drug-likeness (QED) is 0.637. The summed E-state index contributed by atoms with van der Waals surface area (Å²) < 4.78 is 21.7. The van der Waals surface area contributed by atoms with Crippen molar-refractivity contribution in [2.45, 2.75) is 25.0 Å². The lowest BCUT2D eigenvalue weighted by Crippen LogP contribution is -2.48. The number of carbonyl (C=O) groups excluding carboxylic acids is 1. The molecule has 1 saturated heterocycles. The topological polar surface area (TPSA) is 101 Å². The zero-order valence-electron chi connectivity index (χ0n) is 19.5. The number of carbonyl (C=O) groups is 1. The molecule has 1 amide bonds. The number of nitrogens with zero attached hydrogens (tertiary/aromatic N) is 2. The van der Waals surface area contributed by atoms with Crippen LogP contribution in [0.5, 0.6) is 23.0 Å². The first-order valence-corrected chi connectivity index (χ1v) is 11.8. The molecule has 34 heavy (non-hydrogen) atoms. The number of nitriles is 1. The van der Waals surface area contributed by atoms with Crippen LogP contribution in [-0.4, -0.2) is 49.6 Å². The van der Waals surface area contributed by atoms with E-state index in [0.717, 1.165) is 5.56 Å². The predicted molar refractivity (Wildman–Crippen MR) is 127 cm³/mol. The fraction of sp³-hybridized carbons (Fsp3) is 0.360. The van der Waals surface area contributed by atoms with Gasteiger partial charge in [0.05, 0.1) is 50.4 Å².